The Morgan fingerprint density at radius 2 is 1.88 bits per heavy atom. The number of carbonyl (C=O) groups excluding carboxylic acids is 2. The Bertz CT molecular complexity index is 1250. The van der Waals surface area contributed by atoms with Crippen LogP contribution in [0.15, 0.2) is 70.0 Å². The third-order valence-corrected chi connectivity index (χ3v) is 6.46. The van der Waals surface area contributed by atoms with Gasteiger partial charge in [-0.15, -0.1) is 0 Å². The number of hydrogen-bond acceptors (Lipinski definition) is 7. The van der Waals surface area contributed by atoms with Crippen LogP contribution in [0.4, 0.5) is 5.69 Å². The van der Waals surface area contributed by atoms with Gasteiger partial charge in [-0.2, -0.15) is 0 Å². The molecule has 0 bridgehead atoms. The number of furan rings is 1. The van der Waals surface area contributed by atoms with E-state index >= 15 is 0 Å². The molecule has 0 aliphatic carbocycles. The molecular formula is C26H23NO5S2. The van der Waals surface area contributed by atoms with E-state index in [1.807, 2.05) is 25.1 Å². The number of hydrogen-bond donors (Lipinski definition) is 0. The summed E-state index contributed by atoms with van der Waals surface area (Å²) in [5.74, 6) is 1.15. The number of thioether (sulfide) groups is 1. The number of anilines is 1. The molecule has 2 aromatic carbocycles. The molecule has 0 spiro atoms. The second-order valence-corrected chi connectivity index (χ2v) is 9.13. The van der Waals surface area contributed by atoms with Gasteiger partial charge in [0.15, 0.2) is 4.32 Å². The molecule has 1 aliphatic rings. The Labute approximate surface area is 207 Å². The number of benzene rings is 2. The third kappa shape index (κ3) is 5.08. The molecule has 6 nitrogen and oxygen atoms in total. The first-order chi connectivity index (χ1) is 16.5. The Morgan fingerprint density at radius 3 is 2.62 bits per heavy atom. The third-order valence-electron chi connectivity index (χ3n) is 5.16. The molecule has 8 heteroatoms. The van der Waals surface area contributed by atoms with E-state index < -0.39 is 0 Å². The second-order valence-electron chi connectivity index (χ2n) is 7.46. The fraction of sp³-hybridized carbons (Fsp3) is 0.192. The summed E-state index contributed by atoms with van der Waals surface area (Å²) in [4.78, 5) is 27.1. The standard InChI is InChI=1S/C26H23NO5S2/c1-3-4-15-31-25(29)18-11-9-17(10-12-18)21-14-13-19(32-21)16-23-24(28)27(26(33)34-23)20-7-5-6-8-22(20)30-2/h5-14,16H,3-4,15H2,1-2H3/b23-16+. The summed E-state index contributed by atoms with van der Waals surface area (Å²) in [6.07, 6.45) is 3.49. The number of unbranched alkanes of at least 4 members (excludes halogenated alkanes) is 1. The predicted octanol–water partition coefficient (Wildman–Crippen LogP) is 6.32. The van der Waals surface area contributed by atoms with Gasteiger partial charge in [0, 0.05) is 11.6 Å². The number of para-hydroxylation sites is 2. The van der Waals surface area contributed by atoms with Crippen molar-refractivity contribution in [3.8, 4) is 17.1 Å². The molecule has 1 fully saturated rings. The van der Waals surface area contributed by atoms with Crippen LogP contribution in [0.5, 0.6) is 5.75 Å². The zero-order chi connectivity index (χ0) is 24.1. The minimum Gasteiger partial charge on any atom is -0.495 e. The minimum absolute atomic E-state index is 0.233. The Morgan fingerprint density at radius 1 is 1.12 bits per heavy atom. The molecule has 0 radical (unpaired) electrons. The van der Waals surface area contributed by atoms with Gasteiger partial charge in [-0.3, -0.25) is 9.69 Å². The molecule has 0 saturated carbocycles. The van der Waals surface area contributed by atoms with E-state index in [1.165, 1.54) is 16.7 Å². The van der Waals surface area contributed by atoms with Crippen molar-refractivity contribution in [3.05, 3.63) is 76.9 Å². The summed E-state index contributed by atoms with van der Waals surface area (Å²) >= 11 is 6.66. The lowest BCUT2D eigenvalue weighted by Crippen LogP contribution is -2.27. The van der Waals surface area contributed by atoms with Crippen LogP contribution < -0.4 is 9.64 Å². The smallest absolute Gasteiger partial charge is 0.338 e. The van der Waals surface area contributed by atoms with Gasteiger partial charge in [0.05, 0.1) is 29.9 Å². The molecule has 34 heavy (non-hydrogen) atoms. The zero-order valence-electron chi connectivity index (χ0n) is 18.8. The van der Waals surface area contributed by atoms with Crippen LogP contribution in [-0.4, -0.2) is 29.9 Å². The molecule has 1 amide bonds. The normalized spacial score (nSPS) is 14.6. The molecule has 0 unspecified atom stereocenters. The van der Waals surface area contributed by atoms with E-state index in [-0.39, 0.29) is 11.9 Å². The average molecular weight is 494 g/mol. The zero-order valence-corrected chi connectivity index (χ0v) is 20.4. The number of methoxy groups -OCH3 is 1. The molecular weight excluding hydrogens is 470 g/mol. The van der Waals surface area contributed by atoms with Crippen molar-refractivity contribution in [1.82, 2.24) is 0 Å². The van der Waals surface area contributed by atoms with Crippen LogP contribution in [0, 0.1) is 0 Å². The van der Waals surface area contributed by atoms with Crippen molar-refractivity contribution >= 4 is 51.9 Å². The molecule has 0 N–H and O–H groups in total. The Hall–Kier alpha value is -3.36. The molecule has 1 saturated heterocycles. The lowest BCUT2D eigenvalue weighted by Gasteiger charge is -2.17. The maximum atomic E-state index is 13.1. The predicted molar refractivity (Wildman–Crippen MR) is 138 cm³/mol. The highest BCUT2D eigenvalue weighted by Gasteiger charge is 2.35. The minimum atomic E-state index is -0.336. The summed E-state index contributed by atoms with van der Waals surface area (Å²) in [6, 6.07) is 17.9. The van der Waals surface area contributed by atoms with Gasteiger partial charge in [-0.05, 0) is 42.8 Å². The van der Waals surface area contributed by atoms with Gasteiger partial charge in [-0.25, -0.2) is 4.79 Å². The number of carbonyl (C=O) groups is 2. The highest BCUT2D eigenvalue weighted by atomic mass is 32.2. The lowest BCUT2D eigenvalue weighted by atomic mass is 10.1. The fourth-order valence-electron chi connectivity index (χ4n) is 3.37. The number of amides is 1. The van der Waals surface area contributed by atoms with Gasteiger partial charge < -0.3 is 13.9 Å². The highest BCUT2D eigenvalue weighted by Crippen LogP contribution is 2.40. The van der Waals surface area contributed by atoms with Crippen molar-refractivity contribution < 1.29 is 23.5 Å². The van der Waals surface area contributed by atoms with E-state index in [2.05, 4.69) is 0 Å². The van der Waals surface area contributed by atoms with Crippen LogP contribution in [0.3, 0.4) is 0 Å². The van der Waals surface area contributed by atoms with Crippen LogP contribution >= 0.6 is 24.0 Å². The van der Waals surface area contributed by atoms with Crippen molar-refractivity contribution in [1.29, 1.82) is 0 Å². The molecule has 1 aliphatic heterocycles. The lowest BCUT2D eigenvalue weighted by molar-refractivity contribution is -0.113. The van der Waals surface area contributed by atoms with Crippen molar-refractivity contribution in [2.24, 2.45) is 0 Å². The number of esters is 1. The SMILES string of the molecule is CCCCOC(=O)c1ccc(-c2ccc(/C=C3/SC(=S)N(c4ccccc4OC)C3=O)o2)cc1. The van der Waals surface area contributed by atoms with Crippen LogP contribution in [0.2, 0.25) is 0 Å². The van der Waals surface area contributed by atoms with Crippen molar-refractivity contribution in [2.45, 2.75) is 19.8 Å². The van der Waals surface area contributed by atoms with E-state index in [0.29, 0.717) is 44.4 Å². The first kappa shape index (κ1) is 23.8. The number of thiocarbonyl (C=S) groups is 1. The molecule has 2 heterocycles. The largest absolute Gasteiger partial charge is 0.495 e. The molecule has 4 rings (SSSR count). The summed E-state index contributed by atoms with van der Waals surface area (Å²) in [7, 11) is 1.55. The molecule has 1 aromatic heterocycles. The number of nitrogens with zero attached hydrogens (tertiary/aromatic N) is 1. The molecule has 174 valence electrons. The highest BCUT2D eigenvalue weighted by molar-refractivity contribution is 8.27. The van der Waals surface area contributed by atoms with Crippen LogP contribution in [0.25, 0.3) is 17.4 Å². The first-order valence-corrected chi connectivity index (χ1v) is 12.0. The second kappa shape index (κ2) is 10.7. The van der Waals surface area contributed by atoms with Gasteiger partial charge >= 0.3 is 5.97 Å². The summed E-state index contributed by atoms with van der Waals surface area (Å²) in [5.41, 5.74) is 1.90. The monoisotopic (exact) mass is 493 g/mol. The fourth-order valence-corrected chi connectivity index (χ4v) is 4.63. The van der Waals surface area contributed by atoms with E-state index in [0.717, 1.165) is 18.4 Å². The van der Waals surface area contributed by atoms with E-state index in [4.69, 9.17) is 26.1 Å². The molecule has 3 aromatic rings. The van der Waals surface area contributed by atoms with Gasteiger partial charge in [0.2, 0.25) is 0 Å². The van der Waals surface area contributed by atoms with Crippen molar-refractivity contribution in [2.75, 3.05) is 18.6 Å². The van der Waals surface area contributed by atoms with Crippen molar-refractivity contribution in [3.63, 3.8) is 0 Å². The summed E-state index contributed by atoms with van der Waals surface area (Å²) < 4.78 is 17.0. The van der Waals surface area contributed by atoms with Crippen LogP contribution in [0.1, 0.15) is 35.9 Å². The topological polar surface area (TPSA) is 69.0 Å². The van der Waals surface area contributed by atoms with Gasteiger partial charge in [0.25, 0.3) is 5.91 Å². The van der Waals surface area contributed by atoms with Crippen LogP contribution in [-0.2, 0) is 9.53 Å². The quantitative estimate of drug-likeness (QED) is 0.157. The van der Waals surface area contributed by atoms with E-state index in [1.54, 1.807) is 55.7 Å². The van der Waals surface area contributed by atoms with E-state index in [9.17, 15) is 9.59 Å². The Balaban J connectivity index is 1.49. The Kier molecular flexibility index (Phi) is 7.49. The molecule has 0 atom stereocenters. The number of ether oxygens (including phenoxy) is 2. The summed E-state index contributed by atoms with van der Waals surface area (Å²) in [6.45, 7) is 2.46. The first-order valence-electron chi connectivity index (χ1n) is 10.8. The van der Waals surface area contributed by atoms with Gasteiger partial charge in [-0.1, -0.05) is 61.6 Å². The number of rotatable bonds is 8. The van der Waals surface area contributed by atoms with Gasteiger partial charge in [0.1, 0.15) is 17.3 Å². The average Bonchev–Trinajstić information content (AvgIpc) is 3.43. The maximum Gasteiger partial charge on any atom is 0.338 e. The summed E-state index contributed by atoms with van der Waals surface area (Å²) in [5, 5.41) is 0. The maximum absolute atomic E-state index is 13.1.